The number of carbonyl (C=O) groups is 3. The monoisotopic (exact) mass is 342 g/mol. The maximum atomic E-state index is 13.0. The van der Waals surface area contributed by atoms with E-state index in [0.717, 1.165) is 31.3 Å². The topological polar surface area (TPSA) is 60.4 Å². The van der Waals surface area contributed by atoms with Crippen LogP contribution in [0.1, 0.15) is 52.9 Å². The Kier molecular flexibility index (Phi) is 3.61. The maximum Gasteiger partial charge on any atom is 0.303 e. The van der Waals surface area contributed by atoms with E-state index in [9.17, 15) is 14.4 Å². The van der Waals surface area contributed by atoms with Crippen molar-refractivity contribution in [2.45, 2.75) is 59.0 Å². The van der Waals surface area contributed by atoms with Crippen LogP contribution in [0.4, 0.5) is 0 Å². The van der Waals surface area contributed by atoms with Crippen molar-refractivity contribution < 1.29 is 19.1 Å². The summed E-state index contributed by atoms with van der Waals surface area (Å²) in [7, 11) is 0. The molecule has 4 rings (SSSR count). The molecule has 4 heteroatoms. The fourth-order valence-corrected chi connectivity index (χ4v) is 6.15. The summed E-state index contributed by atoms with van der Waals surface area (Å²) in [6.07, 6.45) is 9.38. The van der Waals surface area contributed by atoms with Gasteiger partial charge in [0, 0.05) is 24.7 Å². The Morgan fingerprint density at radius 1 is 1.16 bits per heavy atom. The Bertz CT molecular complexity index is 717. The van der Waals surface area contributed by atoms with Gasteiger partial charge in [-0.1, -0.05) is 19.9 Å². The molecule has 6 atom stereocenters. The van der Waals surface area contributed by atoms with Gasteiger partial charge >= 0.3 is 5.97 Å². The van der Waals surface area contributed by atoms with Crippen LogP contribution in [0, 0.1) is 28.6 Å². The highest BCUT2D eigenvalue weighted by atomic mass is 16.5. The van der Waals surface area contributed by atoms with E-state index < -0.39 is 0 Å². The van der Waals surface area contributed by atoms with E-state index in [1.807, 2.05) is 12.2 Å². The number of Topliss-reactive ketones (excluding diaryl/α,β-unsaturated/α-hetero) is 1. The number of allylic oxidation sites excluding steroid dienone is 3. The van der Waals surface area contributed by atoms with E-state index in [-0.39, 0.29) is 46.4 Å². The summed E-state index contributed by atoms with van der Waals surface area (Å²) >= 11 is 0. The summed E-state index contributed by atoms with van der Waals surface area (Å²) in [5, 5.41) is 0. The van der Waals surface area contributed by atoms with Gasteiger partial charge in [-0.3, -0.25) is 14.4 Å². The van der Waals surface area contributed by atoms with Crippen LogP contribution in [0.2, 0.25) is 0 Å². The van der Waals surface area contributed by atoms with Gasteiger partial charge in [0.15, 0.2) is 5.78 Å². The second kappa shape index (κ2) is 5.39. The van der Waals surface area contributed by atoms with Crippen molar-refractivity contribution in [2.24, 2.45) is 28.6 Å². The Morgan fingerprint density at radius 2 is 1.88 bits per heavy atom. The highest BCUT2D eigenvalue weighted by molar-refractivity contribution is 5.97. The van der Waals surface area contributed by atoms with Gasteiger partial charge in [0.1, 0.15) is 11.9 Å². The predicted octanol–water partition coefficient (Wildman–Crippen LogP) is 3.41. The van der Waals surface area contributed by atoms with Crippen molar-refractivity contribution in [3.05, 3.63) is 23.8 Å². The molecule has 0 N–H and O–H groups in total. The van der Waals surface area contributed by atoms with E-state index in [0.29, 0.717) is 12.2 Å². The molecular weight excluding hydrogens is 316 g/mol. The van der Waals surface area contributed by atoms with E-state index in [1.54, 1.807) is 6.08 Å². The molecule has 0 heterocycles. The number of hydrogen-bond donors (Lipinski definition) is 0. The second-order valence-electron chi connectivity index (χ2n) is 8.79. The number of fused-ring (bicyclic) bond motifs is 5. The van der Waals surface area contributed by atoms with E-state index in [1.165, 1.54) is 6.92 Å². The zero-order valence-electron chi connectivity index (χ0n) is 15.2. The van der Waals surface area contributed by atoms with Crippen molar-refractivity contribution in [1.29, 1.82) is 0 Å². The molecule has 0 saturated heterocycles. The molecule has 1 unspecified atom stereocenters. The summed E-state index contributed by atoms with van der Waals surface area (Å²) in [6, 6.07) is 0. The first-order chi connectivity index (χ1) is 11.8. The summed E-state index contributed by atoms with van der Waals surface area (Å²) in [4.78, 5) is 36.8. The molecule has 134 valence electrons. The third-order valence-electron chi connectivity index (χ3n) is 7.52. The normalized spacial score (nSPS) is 45.3. The lowest BCUT2D eigenvalue weighted by Gasteiger charge is -2.55. The van der Waals surface area contributed by atoms with Crippen LogP contribution in [0.5, 0.6) is 0 Å². The van der Waals surface area contributed by atoms with Crippen LogP contribution in [0.15, 0.2) is 23.8 Å². The zero-order valence-corrected chi connectivity index (χ0v) is 15.2. The van der Waals surface area contributed by atoms with Crippen molar-refractivity contribution in [3.63, 3.8) is 0 Å². The third-order valence-corrected chi connectivity index (χ3v) is 7.52. The van der Waals surface area contributed by atoms with Crippen molar-refractivity contribution in [2.75, 3.05) is 0 Å². The fraction of sp³-hybridized carbons (Fsp3) is 0.667. The number of esters is 1. The summed E-state index contributed by atoms with van der Waals surface area (Å²) < 4.78 is 5.44. The molecule has 4 aliphatic carbocycles. The molecule has 4 nitrogen and oxygen atoms in total. The average Bonchev–Trinajstić information content (AvgIpc) is 2.83. The molecule has 2 fully saturated rings. The standard InChI is InChI=1S/C21H26O4/c1-12(22)25-14-5-4-13-10-17(23)19-15-6-7-18(24)20(15,2)9-8-16(19)21(13,3)11-14/h4-5,10,14-16,19H,6-9,11H2,1-3H3/t14?,15-,16+,19-,20-,21-/m0/s1. The number of hydrogen-bond acceptors (Lipinski definition) is 4. The molecule has 0 aromatic carbocycles. The van der Waals surface area contributed by atoms with Crippen molar-refractivity contribution >= 4 is 17.5 Å². The lowest BCUT2D eigenvalue weighted by atomic mass is 9.48. The van der Waals surface area contributed by atoms with Crippen LogP contribution in [0.25, 0.3) is 0 Å². The van der Waals surface area contributed by atoms with Gasteiger partial charge in [-0.25, -0.2) is 0 Å². The molecule has 0 amide bonds. The minimum absolute atomic E-state index is 0.0663. The highest BCUT2D eigenvalue weighted by Gasteiger charge is 2.60. The summed E-state index contributed by atoms with van der Waals surface area (Å²) in [6.45, 7) is 5.72. The minimum atomic E-state index is -0.321. The largest absolute Gasteiger partial charge is 0.458 e. The molecule has 0 aromatic rings. The average molecular weight is 342 g/mol. The molecular formula is C21H26O4. The quantitative estimate of drug-likeness (QED) is 0.685. The molecule has 0 radical (unpaired) electrons. The molecule has 0 bridgehead atoms. The number of ketones is 2. The van der Waals surface area contributed by atoms with E-state index in [4.69, 9.17) is 4.74 Å². The summed E-state index contributed by atoms with van der Waals surface area (Å²) in [5.41, 5.74) is 0.578. The van der Waals surface area contributed by atoms with Gasteiger partial charge in [0.25, 0.3) is 0 Å². The molecule has 0 spiro atoms. The highest BCUT2D eigenvalue weighted by Crippen LogP contribution is 2.62. The minimum Gasteiger partial charge on any atom is -0.458 e. The molecule has 25 heavy (non-hydrogen) atoms. The smallest absolute Gasteiger partial charge is 0.303 e. The van der Waals surface area contributed by atoms with Gasteiger partial charge in [-0.15, -0.1) is 0 Å². The Balaban J connectivity index is 1.72. The molecule has 2 saturated carbocycles. The van der Waals surface area contributed by atoms with Crippen molar-refractivity contribution in [1.82, 2.24) is 0 Å². The summed E-state index contributed by atoms with van der Waals surface area (Å²) in [5.74, 6) is 0.588. The fourth-order valence-electron chi connectivity index (χ4n) is 6.15. The van der Waals surface area contributed by atoms with Gasteiger partial charge in [0.2, 0.25) is 0 Å². The predicted molar refractivity (Wildman–Crippen MR) is 92.6 cm³/mol. The van der Waals surface area contributed by atoms with Crippen LogP contribution in [0.3, 0.4) is 0 Å². The lowest BCUT2D eigenvalue weighted by Crippen LogP contribution is -2.53. The Hall–Kier alpha value is -1.71. The van der Waals surface area contributed by atoms with Gasteiger partial charge in [-0.2, -0.15) is 0 Å². The maximum absolute atomic E-state index is 13.0. The van der Waals surface area contributed by atoms with Crippen molar-refractivity contribution in [3.8, 4) is 0 Å². The van der Waals surface area contributed by atoms with Crippen LogP contribution >= 0.6 is 0 Å². The zero-order chi connectivity index (χ0) is 18.0. The van der Waals surface area contributed by atoms with Crippen LogP contribution < -0.4 is 0 Å². The first-order valence-electron chi connectivity index (χ1n) is 9.40. The van der Waals surface area contributed by atoms with E-state index >= 15 is 0 Å². The number of rotatable bonds is 1. The van der Waals surface area contributed by atoms with Crippen LogP contribution in [-0.2, 0) is 19.1 Å². The molecule has 0 aromatic heterocycles. The third kappa shape index (κ3) is 2.29. The molecule has 4 aliphatic rings. The lowest BCUT2D eigenvalue weighted by molar-refractivity contribution is -0.149. The first-order valence-corrected chi connectivity index (χ1v) is 9.40. The SMILES string of the molecule is CC(=O)OC1C=CC2=CC(=O)[C@@H]3[C@@H](CC[C@]4(C)C(=O)CC[C@@H]34)[C@@]2(C)C1. The second-order valence-corrected chi connectivity index (χ2v) is 8.79. The van der Waals surface area contributed by atoms with Gasteiger partial charge < -0.3 is 4.74 Å². The Labute approximate surface area is 148 Å². The molecule has 0 aliphatic heterocycles. The van der Waals surface area contributed by atoms with E-state index in [2.05, 4.69) is 13.8 Å². The van der Waals surface area contributed by atoms with Gasteiger partial charge in [-0.05, 0) is 60.7 Å². The number of ether oxygens (including phenoxy) is 1. The van der Waals surface area contributed by atoms with Gasteiger partial charge in [0.05, 0.1) is 0 Å². The number of carbonyl (C=O) groups excluding carboxylic acids is 3. The first kappa shape index (κ1) is 16.7. The van der Waals surface area contributed by atoms with Crippen LogP contribution in [-0.4, -0.2) is 23.6 Å². The Morgan fingerprint density at radius 3 is 2.60 bits per heavy atom.